The van der Waals surface area contributed by atoms with E-state index in [-0.39, 0.29) is 0 Å². The Morgan fingerprint density at radius 2 is 2.50 bits per heavy atom. The van der Waals surface area contributed by atoms with Gasteiger partial charge in [0.05, 0.1) is 11.7 Å². The third kappa shape index (κ3) is 1.19. The van der Waals surface area contributed by atoms with E-state index >= 15 is 0 Å². The molecule has 0 aliphatic carbocycles. The van der Waals surface area contributed by atoms with Gasteiger partial charge in [0.25, 0.3) is 0 Å². The number of aromatic nitrogens is 3. The van der Waals surface area contributed by atoms with Gasteiger partial charge in [-0.1, -0.05) is 0 Å². The zero-order valence-corrected chi connectivity index (χ0v) is 7.85. The standard InChI is InChI=1S/C10H12N4/c1-3-8(11-4-1)9-7-14-6-2-5-12-10(14)13-9/h2,5-8,11H,1,3-4H2/t8-/m0/s1. The van der Waals surface area contributed by atoms with Gasteiger partial charge in [-0.25, -0.2) is 9.97 Å². The Hall–Kier alpha value is -1.42. The highest BCUT2D eigenvalue weighted by Gasteiger charge is 2.18. The number of nitrogens with zero attached hydrogens (tertiary/aromatic N) is 3. The second-order valence-electron chi connectivity index (χ2n) is 3.64. The third-order valence-corrected chi connectivity index (χ3v) is 2.67. The number of fused-ring (bicyclic) bond motifs is 1. The molecule has 0 bridgehead atoms. The lowest BCUT2D eigenvalue weighted by molar-refractivity contribution is 0.632. The Morgan fingerprint density at radius 3 is 3.29 bits per heavy atom. The summed E-state index contributed by atoms with van der Waals surface area (Å²) in [5.41, 5.74) is 1.11. The first-order valence-electron chi connectivity index (χ1n) is 4.96. The quantitative estimate of drug-likeness (QED) is 0.730. The van der Waals surface area contributed by atoms with E-state index in [1.807, 2.05) is 16.7 Å². The largest absolute Gasteiger partial charge is 0.309 e. The Bertz CT molecular complexity index is 409. The highest BCUT2D eigenvalue weighted by atomic mass is 15.1. The van der Waals surface area contributed by atoms with Crippen LogP contribution in [0.15, 0.2) is 24.7 Å². The maximum atomic E-state index is 4.48. The summed E-state index contributed by atoms with van der Waals surface area (Å²) in [6, 6.07) is 2.34. The van der Waals surface area contributed by atoms with Crippen LogP contribution in [-0.2, 0) is 0 Å². The molecule has 3 heterocycles. The van der Waals surface area contributed by atoms with Crippen LogP contribution in [0.5, 0.6) is 0 Å². The summed E-state index contributed by atoms with van der Waals surface area (Å²) in [5, 5.41) is 3.43. The van der Waals surface area contributed by atoms with Crippen LogP contribution in [-0.4, -0.2) is 20.9 Å². The van der Waals surface area contributed by atoms with Gasteiger partial charge in [0, 0.05) is 18.6 Å². The van der Waals surface area contributed by atoms with Crippen molar-refractivity contribution in [2.45, 2.75) is 18.9 Å². The minimum atomic E-state index is 0.427. The number of imidazole rings is 1. The molecule has 1 aliphatic heterocycles. The third-order valence-electron chi connectivity index (χ3n) is 2.67. The van der Waals surface area contributed by atoms with Crippen molar-refractivity contribution in [2.24, 2.45) is 0 Å². The van der Waals surface area contributed by atoms with Crippen molar-refractivity contribution in [3.8, 4) is 0 Å². The second kappa shape index (κ2) is 3.06. The molecule has 1 saturated heterocycles. The van der Waals surface area contributed by atoms with Gasteiger partial charge in [0.15, 0.2) is 0 Å². The van der Waals surface area contributed by atoms with Crippen molar-refractivity contribution >= 4 is 5.78 Å². The van der Waals surface area contributed by atoms with Gasteiger partial charge >= 0.3 is 0 Å². The summed E-state index contributed by atoms with van der Waals surface area (Å²) in [4.78, 5) is 8.68. The maximum absolute atomic E-state index is 4.48. The van der Waals surface area contributed by atoms with Crippen LogP contribution in [0.1, 0.15) is 24.6 Å². The highest BCUT2D eigenvalue weighted by molar-refractivity contribution is 5.30. The summed E-state index contributed by atoms with van der Waals surface area (Å²) < 4.78 is 1.97. The van der Waals surface area contributed by atoms with E-state index in [1.165, 1.54) is 12.8 Å². The van der Waals surface area contributed by atoms with Gasteiger partial charge < -0.3 is 5.32 Å². The molecule has 0 aromatic carbocycles. The molecule has 4 nitrogen and oxygen atoms in total. The number of nitrogens with one attached hydrogen (secondary N) is 1. The molecule has 4 heteroatoms. The number of hydrogen-bond acceptors (Lipinski definition) is 3. The van der Waals surface area contributed by atoms with Crippen molar-refractivity contribution in [1.82, 2.24) is 19.7 Å². The van der Waals surface area contributed by atoms with E-state index in [0.29, 0.717) is 6.04 Å². The molecule has 0 spiro atoms. The van der Waals surface area contributed by atoms with Gasteiger partial charge in [-0.3, -0.25) is 4.40 Å². The Balaban J connectivity index is 2.05. The molecule has 0 unspecified atom stereocenters. The van der Waals surface area contributed by atoms with Crippen LogP contribution in [0.25, 0.3) is 5.78 Å². The molecule has 2 aromatic heterocycles. The molecule has 0 radical (unpaired) electrons. The molecule has 14 heavy (non-hydrogen) atoms. The smallest absolute Gasteiger partial charge is 0.233 e. The first-order valence-corrected chi connectivity index (χ1v) is 4.96. The van der Waals surface area contributed by atoms with Crippen LogP contribution in [0.2, 0.25) is 0 Å². The molecule has 1 N–H and O–H groups in total. The van der Waals surface area contributed by atoms with E-state index < -0.39 is 0 Å². The van der Waals surface area contributed by atoms with E-state index in [4.69, 9.17) is 0 Å². The van der Waals surface area contributed by atoms with Gasteiger partial charge in [0.1, 0.15) is 0 Å². The van der Waals surface area contributed by atoms with Crippen LogP contribution in [0, 0.1) is 0 Å². The van der Waals surface area contributed by atoms with Gasteiger partial charge in [-0.05, 0) is 25.5 Å². The Kier molecular flexibility index (Phi) is 1.73. The van der Waals surface area contributed by atoms with E-state index in [9.17, 15) is 0 Å². The van der Waals surface area contributed by atoms with Crippen LogP contribution >= 0.6 is 0 Å². The minimum absolute atomic E-state index is 0.427. The molecule has 3 rings (SSSR count). The monoisotopic (exact) mass is 188 g/mol. The summed E-state index contributed by atoms with van der Waals surface area (Å²) in [6.07, 6.45) is 8.24. The fourth-order valence-corrected chi connectivity index (χ4v) is 1.95. The van der Waals surface area contributed by atoms with Crippen molar-refractivity contribution in [3.63, 3.8) is 0 Å². The molecule has 0 saturated carbocycles. The predicted octanol–water partition coefficient (Wildman–Crippen LogP) is 1.15. The Morgan fingerprint density at radius 1 is 1.50 bits per heavy atom. The van der Waals surface area contributed by atoms with Crippen LogP contribution < -0.4 is 5.32 Å². The molecule has 72 valence electrons. The molecule has 2 aromatic rings. The first kappa shape index (κ1) is 7.94. The summed E-state index contributed by atoms with van der Waals surface area (Å²) >= 11 is 0. The van der Waals surface area contributed by atoms with E-state index in [0.717, 1.165) is 18.0 Å². The zero-order chi connectivity index (χ0) is 9.38. The van der Waals surface area contributed by atoms with Crippen molar-refractivity contribution in [1.29, 1.82) is 0 Å². The highest BCUT2D eigenvalue weighted by Crippen LogP contribution is 2.21. The lowest BCUT2D eigenvalue weighted by Gasteiger charge is -2.03. The predicted molar refractivity (Wildman–Crippen MR) is 53.0 cm³/mol. The van der Waals surface area contributed by atoms with E-state index in [1.54, 1.807) is 6.20 Å². The Labute approximate surface area is 82.0 Å². The maximum Gasteiger partial charge on any atom is 0.233 e. The van der Waals surface area contributed by atoms with Gasteiger partial charge in [-0.2, -0.15) is 0 Å². The average Bonchev–Trinajstić information content (AvgIpc) is 2.86. The fourth-order valence-electron chi connectivity index (χ4n) is 1.95. The molecular weight excluding hydrogens is 176 g/mol. The lowest BCUT2D eigenvalue weighted by atomic mass is 10.2. The zero-order valence-electron chi connectivity index (χ0n) is 7.85. The minimum Gasteiger partial charge on any atom is -0.309 e. The first-order chi connectivity index (χ1) is 6.93. The van der Waals surface area contributed by atoms with Crippen LogP contribution in [0.3, 0.4) is 0 Å². The molecular formula is C10H12N4. The summed E-state index contributed by atoms with van der Waals surface area (Å²) in [5.74, 6) is 0.788. The molecule has 1 aliphatic rings. The molecule has 0 amide bonds. The SMILES string of the molecule is c1cnc2nc([C@@H]3CCCN3)cn2c1. The van der Waals surface area contributed by atoms with Gasteiger partial charge in [-0.15, -0.1) is 0 Å². The van der Waals surface area contributed by atoms with Crippen LogP contribution in [0.4, 0.5) is 0 Å². The molecule has 1 atom stereocenters. The van der Waals surface area contributed by atoms with Crippen molar-refractivity contribution < 1.29 is 0 Å². The summed E-state index contributed by atoms with van der Waals surface area (Å²) in [6.45, 7) is 1.10. The van der Waals surface area contributed by atoms with Crippen molar-refractivity contribution in [3.05, 3.63) is 30.4 Å². The average molecular weight is 188 g/mol. The van der Waals surface area contributed by atoms with Gasteiger partial charge in [0.2, 0.25) is 5.78 Å². The lowest BCUT2D eigenvalue weighted by Crippen LogP contribution is -2.12. The number of rotatable bonds is 1. The second-order valence-corrected chi connectivity index (χ2v) is 3.64. The number of hydrogen-bond donors (Lipinski definition) is 1. The van der Waals surface area contributed by atoms with Crippen molar-refractivity contribution in [2.75, 3.05) is 6.54 Å². The molecule has 1 fully saturated rings. The topological polar surface area (TPSA) is 42.2 Å². The summed E-state index contributed by atoms with van der Waals surface area (Å²) in [7, 11) is 0. The van der Waals surface area contributed by atoms with E-state index in [2.05, 4.69) is 21.5 Å². The fraction of sp³-hybridized carbons (Fsp3) is 0.400. The normalized spacial score (nSPS) is 21.9.